The van der Waals surface area contributed by atoms with E-state index in [-0.39, 0.29) is 41.0 Å². The smallest absolute Gasteiger partial charge is 0.410 e. The maximum atomic E-state index is 13.5. The molecular formula is C37H49NO5. The Morgan fingerprint density at radius 3 is 2.70 bits per heavy atom. The number of nitrogens with zero attached hydrogens (tertiary/aromatic N) is 1. The van der Waals surface area contributed by atoms with E-state index in [4.69, 9.17) is 9.47 Å². The van der Waals surface area contributed by atoms with Crippen molar-refractivity contribution in [2.45, 2.75) is 110 Å². The van der Waals surface area contributed by atoms with Gasteiger partial charge in [-0.2, -0.15) is 0 Å². The number of amides is 1. The van der Waals surface area contributed by atoms with Crippen LogP contribution in [0, 0.1) is 40.9 Å². The molecule has 5 fully saturated rings. The number of hydrogen-bond donors (Lipinski definition) is 1. The van der Waals surface area contributed by atoms with Gasteiger partial charge in [-0.3, -0.25) is 4.79 Å². The lowest BCUT2D eigenvalue weighted by molar-refractivity contribution is -0.124. The molecule has 1 amide bonds. The summed E-state index contributed by atoms with van der Waals surface area (Å²) in [6.07, 6.45) is 9.75. The zero-order valence-electron chi connectivity index (χ0n) is 26.4. The van der Waals surface area contributed by atoms with Crippen LogP contribution in [0.3, 0.4) is 0 Å². The van der Waals surface area contributed by atoms with Gasteiger partial charge in [-0.05, 0) is 98.9 Å². The van der Waals surface area contributed by atoms with E-state index in [1.165, 1.54) is 12.0 Å². The number of benzene rings is 1. The summed E-state index contributed by atoms with van der Waals surface area (Å²) in [5, 5.41) is 9.84. The van der Waals surface area contributed by atoms with Crippen molar-refractivity contribution in [2.24, 2.45) is 40.9 Å². The molecule has 7 rings (SSSR count). The molecule has 1 aromatic carbocycles. The third-order valence-corrected chi connectivity index (χ3v) is 13.1. The summed E-state index contributed by atoms with van der Waals surface area (Å²) in [7, 11) is 0. The second-order valence-corrected chi connectivity index (χ2v) is 15.4. The predicted molar refractivity (Wildman–Crippen MR) is 165 cm³/mol. The van der Waals surface area contributed by atoms with Gasteiger partial charge < -0.3 is 19.5 Å². The van der Waals surface area contributed by atoms with Gasteiger partial charge in [0, 0.05) is 24.5 Å². The van der Waals surface area contributed by atoms with E-state index in [1.54, 1.807) is 5.57 Å². The van der Waals surface area contributed by atoms with Gasteiger partial charge in [0.2, 0.25) is 0 Å². The average Bonchev–Trinajstić information content (AvgIpc) is 3.46. The van der Waals surface area contributed by atoms with Crippen molar-refractivity contribution in [1.29, 1.82) is 0 Å². The molecule has 6 heteroatoms. The molecule has 1 spiro atoms. The highest BCUT2D eigenvalue weighted by molar-refractivity contribution is 5.96. The van der Waals surface area contributed by atoms with Crippen LogP contribution >= 0.6 is 0 Å². The fourth-order valence-electron chi connectivity index (χ4n) is 10.9. The minimum atomic E-state index is -0.251. The molecular weight excluding hydrogens is 538 g/mol. The van der Waals surface area contributed by atoms with E-state index in [0.29, 0.717) is 48.2 Å². The number of piperidine rings is 1. The molecule has 0 aromatic heterocycles. The van der Waals surface area contributed by atoms with E-state index in [1.807, 2.05) is 35.2 Å². The summed E-state index contributed by atoms with van der Waals surface area (Å²) < 4.78 is 13.0. The molecule has 4 aliphatic carbocycles. The number of aliphatic hydroxyl groups excluding tert-OH is 1. The van der Waals surface area contributed by atoms with Gasteiger partial charge in [0.15, 0.2) is 5.78 Å². The summed E-state index contributed by atoms with van der Waals surface area (Å²) in [6, 6.07) is 9.97. The number of Topliss-reactive ketones (excluding diaryl/α,β-unsaturated/α-hetero) is 1. The number of aliphatic hydroxyl groups is 1. The lowest BCUT2D eigenvalue weighted by Gasteiger charge is -2.52. The molecule has 3 saturated carbocycles. The highest BCUT2D eigenvalue weighted by atomic mass is 16.6. The summed E-state index contributed by atoms with van der Waals surface area (Å²) in [6.45, 7) is 10.3. The van der Waals surface area contributed by atoms with Crippen LogP contribution in [0.15, 0.2) is 53.3 Å². The Hall–Kier alpha value is -2.60. The lowest BCUT2D eigenvalue weighted by Crippen LogP contribution is -2.54. The van der Waals surface area contributed by atoms with Crippen molar-refractivity contribution in [3.63, 3.8) is 0 Å². The number of allylic oxidation sites excluding steroid dienone is 2. The molecule has 6 aliphatic rings. The predicted octanol–water partition coefficient (Wildman–Crippen LogP) is 7.78. The van der Waals surface area contributed by atoms with Crippen molar-refractivity contribution in [3.8, 4) is 0 Å². The van der Waals surface area contributed by atoms with Crippen LogP contribution in [0.5, 0.6) is 0 Å². The minimum Gasteiger partial charge on any atom is -0.515 e. The van der Waals surface area contributed by atoms with Crippen LogP contribution in [0.25, 0.3) is 0 Å². The van der Waals surface area contributed by atoms with Crippen molar-refractivity contribution >= 4 is 11.9 Å². The molecule has 2 heterocycles. The van der Waals surface area contributed by atoms with E-state index in [2.05, 4.69) is 27.7 Å². The van der Waals surface area contributed by atoms with Gasteiger partial charge >= 0.3 is 6.09 Å². The maximum absolute atomic E-state index is 13.5. The summed E-state index contributed by atoms with van der Waals surface area (Å²) in [4.78, 5) is 28.2. The Morgan fingerprint density at radius 1 is 1.14 bits per heavy atom. The number of ether oxygens (including phenoxy) is 2. The third-order valence-electron chi connectivity index (χ3n) is 13.1. The highest BCUT2D eigenvalue weighted by Crippen LogP contribution is 2.65. The first-order valence-corrected chi connectivity index (χ1v) is 16.8. The van der Waals surface area contributed by atoms with Crippen molar-refractivity contribution < 1.29 is 24.2 Å². The molecule has 0 bridgehead atoms. The third kappa shape index (κ3) is 4.69. The molecule has 6 nitrogen and oxygen atoms in total. The average molecular weight is 588 g/mol. The van der Waals surface area contributed by atoms with E-state index < -0.39 is 0 Å². The zero-order chi connectivity index (χ0) is 30.1. The largest absolute Gasteiger partial charge is 0.515 e. The molecule has 2 saturated heterocycles. The fourth-order valence-corrected chi connectivity index (χ4v) is 10.9. The molecule has 10 atom stereocenters. The Kier molecular flexibility index (Phi) is 7.31. The van der Waals surface area contributed by atoms with Gasteiger partial charge in [-0.15, -0.1) is 0 Å². The standard InChI is InChI=1S/C37H49NO5/c1-22-14-33-34(38(19-22)35(41)42-21-25-8-6-5-7-9-25)24(3)37(43-33)13-12-28-29-11-10-27-15-32(40)26(20-39)18-36(27,4)31(29)16-30(28)23(2)17-37/h5-9,20,22,24,27-29,31,33-34,39H,10-19,21H2,1-4H3/b26-20-/t22-,24+,27+,28-,29-,31-,33+,34-,36-,37-/m0/s1. The van der Waals surface area contributed by atoms with Gasteiger partial charge in [0.05, 0.1) is 24.0 Å². The number of carbonyl (C=O) groups is 2. The molecule has 43 heavy (non-hydrogen) atoms. The lowest BCUT2D eigenvalue weighted by atomic mass is 9.51. The van der Waals surface area contributed by atoms with Crippen LogP contribution < -0.4 is 0 Å². The van der Waals surface area contributed by atoms with Crippen molar-refractivity contribution in [3.05, 3.63) is 58.9 Å². The monoisotopic (exact) mass is 587 g/mol. The minimum absolute atomic E-state index is 0.0424. The summed E-state index contributed by atoms with van der Waals surface area (Å²) >= 11 is 0. The van der Waals surface area contributed by atoms with Gasteiger partial charge in [0.25, 0.3) is 0 Å². The number of carbonyl (C=O) groups excluding carboxylic acids is 2. The van der Waals surface area contributed by atoms with Crippen LogP contribution in [-0.2, 0) is 20.9 Å². The molecule has 0 unspecified atom stereocenters. The quantitative estimate of drug-likeness (QED) is 0.217. The Bertz CT molecular complexity index is 1340. The summed E-state index contributed by atoms with van der Waals surface area (Å²) in [5.74, 6) is 2.95. The first kappa shape index (κ1) is 29.1. The number of ketones is 1. The van der Waals surface area contributed by atoms with E-state index in [0.717, 1.165) is 63.3 Å². The zero-order valence-corrected chi connectivity index (χ0v) is 26.4. The molecule has 232 valence electrons. The highest BCUT2D eigenvalue weighted by Gasteiger charge is 2.61. The van der Waals surface area contributed by atoms with Gasteiger partial charge in [-0.1, -0.05) is 62.2 Å². The fraction of sp³-hybridized carbons (Fsp3) is 0.676. The number of rotatable bonds is 2. The van der Waals surface area contributed by atoms with Gasteiger partial charge in [0.1, 0.15) is 6.61 Å². The summed E-state index contributed by atoms with van der Waals surface area (Å²) in [5.41, 5.74) is 4.61. The van der Waals surface area contributed by atoms with Crippen LogP contribution in [-0.4, -0.2) is 46.2 Å². The molecule has 0 radical (unpaired) electrons. The van der Waals surface area contributed by atoms with Crippen LogP contribution in [0.4, 0.5) is 4.79 Å². The molecule has 1 aromatic rings. The Balaban J connectivity index is 1.12. The first-order chi connectivity index (χ1) is 20.6. The van der Waals surface area contributed by atoms with Crippen molar-refractivity contribution in [2.75, 3.05) is 6.54 Å². The van der Waals surface area contributed by atoms with E-state index >= 15 is 0 Å². The van der Waals surface area contributed by atoms with Crippen molar-refractivity contribution in [1.82, 2.24) is 4.90 Å². The van der Waals surface area contributed by atoms with E-state index in [9.17, 15) is 14.7 Å². The first-order valence-electron chi connectivity index (χ1n) is 16.8. The molecule has 1 N–H and O–H groups in total. The Labute approximate surface area is 256 Å². The van der Waals surface area contributed by atoms with Crippen LogP contribution in [0.2, 0.25) is 0 Å². The second-order valence-electron chi connectivity index (χ2n) is 15.4. The number of likely N-dealkylation sites (tertiary alicyclic amines) is 1. The molecule has 2 aliphatic heterocycles. The topological polar surface area (TPSA) is 76.1 Å². The maximum Gasteiger partial charge on any atom is 0.410 e. The second kappa shape index (κ2) is 10.8. The Morgan fingerprint density at radius 2 is 1.93 bits per heavy atom. The normalized spacial score (nSPS) is 43.2. The SMILES string of the molecule is CC1=C2C[C@H]3[C@@H](CC[C@@H]4CC(=O)/C(=C\O)C[C@@]43C)[C@@H]2CC[C@@]2(C1)O[C@@H]1C[C@H](C)CN(C(=O)OCc3ccccc3)[C@H]1[C@H]2C. The van der Waals surface area contributed by atoms with Crippen LogP contribution in [0.1, 0.15) is 91.0 Å². The number of hydrogen-bond acceptors (Lipinski definition) is 5. The number of fused-ring (bicyclic) bond motifs is 6. The van der Waals surface area contributed by atoms with Gasteiger partial charge in [-0.25, -0.2) is 4.79 Å².